The van der Waals surface area contributed by atoms with Gasteiger partial charge in [0, 0.05) is 21.7 Å². The molecule has 0 aliphatic carbocycles. The summed E-state index contributed by atoms with van der Waals surface area (Å²) in [4.78, 5) is 17.1. The van der Waals surface area contributed by atoms with E-state index in [9.17, 15) is 28.3 Å². The van der Waals surface area contributed by atoms with Crippen LogP contribution < -0.4 is 0 Å². The summed E-state index contributed by atoms with van der Waals surface area (Å²) in [6, 6.07) is 17.3. The maximum Gasteiger partial charge on any atom is 0.416 e. The molecule has 0 spiro atoms. The van der Waals surface area contributed by atoms with Crippen LogP contribution in [0.15, 0.2) is 66.7 Å². The van der Waals surface area contributed by atoms with Gasteiger partial charge in [-0.25, -0.2) is 4.98 Å². The van der Waals surface area contributed by atoms with Gasteiger partial charge in [0.25, 0.3) is 0 Å². The normalized spacial score (nSPS) is 12.3. The van der Waals surface area contributed by atoms with Gasteiger partial charge in [0.15, 0.2) is 5.78 Å². The average Bonchev–Trinajstić information content (AvgIpc) is 3.22. The Labute approximate surface area is 194 Å². The summed E-state index contributed by atoms with van der Waals surface area (Å²) in [7, 11) is 0. The van der Waals surface area contributed by atoms with Crippen molar-refractivity contribution in [1.29, 1.82) is 5.26 Å². The number of aliphatic hydroxyl groups excluding tert-OH is 1. The van der Waals surface area contributed by atoms with E-state index in [1.807, 2.05) is 6.07 Å². The number of carbonyl (C=O) groups is 1. The number of aromatic nitrogens is 1. The Morgan fingerprint density at radius 3 is 2.33 bits per heavy atom. The Morgan fingerprint density at radius 1 is 1.03 bits per heavy atom. The van der Waals surface area contributed by atoms with Crippen LogP contribution in [0.5, 0.6) is 0 Å². The lowest BCUT2D eigenvalue weighted by Crippen LogP contribution is -2.06. The van der Waals surface area contributed by atoms with Crippen molar-refractivity contribution in [2.75, 3.05) is 0 Å². The van der Waals surface area contributed by atoms with Crippen LogP contribution in [-0.2, 0) is 6.18 Å². The molecule has 0 saturated carbocycles. The Morgan fingerprint density at radius 2 is 1.70 bits per heavy atom. The standard InChI is InChI=1S/C24H12ClF3N2O2S/c25-15-8-5-13(6-9-15)21(31)16-3-1-2-4-17(16)22(32)18(12-29)23-30-19-11-14(24(26,27)28)7-10-20(19)33-23/h1-11,32H/b22-18-. The van der Waals surface area contributed by atoms with E-state index >= 15 is 0 Å². The number of nitriles is 1. The summed E-state index contributed by atoms with van der Waals surface area (Å²) in [6.07, 6.45) is -4.53. The first-order valence-corrected chi connectivity index (χ1v) is 10.6. The topological polar surface area (TPSA) is 74.0 Å². The van der Waals surface area contributed by atoms with Crippen LogP contribution in [0.3, 0.4) is 0 Å². The van der Waals surface area contributed by atoms with E-state index in [0.29, 0.717) is 15.3 Å². The zero-order valence-electron chi connectivity index (χ0n) is 16.5. The predicted molar refractivity (Wildman–Crippen MR) is 121 cm³/mol. The molecular weight excluding hydrogens is 473 g/mol. The number of alkyl halides is 3. The van der Waals surface area contributed by atoms with Gasteiger partial charge < -0.3 is 5.11 Å². The van der Waals surface area contributed by atoms with E-state index in [4.69, 9.17) is 11.6 Å². The number of carbonyl (C=O) groups excluding carboxylic acids is 1. The van der Waals surface area contributed by atoms with Gasteiger partial charge in [-0.2, -0.15) is 18.4 Å². The highest BCUT2D eigenvalue weighted by atomic mass is 35.5. The van der Waals surface area contributed by atoms with E-state index in [-0.39, 0.29) is 27.2 Å². The number of ketones is 1. The number of thiazole rings is 1. The Hall–Kier alpha value is -3.67. The van der Waals surface area contributed by atoms with Gasteiger partial charge in [-0.05, 0) is 42.5 Å². The fourth-order valence-corrected chi connectivity index (χ4v) is 4.26. The van der Waals surface area contributed by atoms with Crippen LogP contribution in [0, 0.1) is 11.3 Å². The highest BCUT2D eigenvalue weighted by molar-refractivity contribution is 7.19. The number of hydrogen-bond donors (Lipinski definition) is 1. The third-order valence-electron chi connectivity index (χ3n) is 4.81. The van der Waals surface area contributed by atoms with Gasteiger partial charge in [-0.15, -0.1) is 11.3 Å². The number of aliphatic hydroxyl groups is 1. The van der Waals surface area contributed by atoms with Gasteiger partial charge in [0.1, 0.15) is 22.4 Å². The average molecular weight is 485 g/mol. The molecule has 0 fully saturated rings. The summed E-state index contributed by atoms with van der Waals surface area (Å²) < 4.78 is 39.5. The monoisotopic (exact) mass is 484 g/mol. The van der Waals surface area contributed by atoms with Crippen LogP contribution >= 0.6 is 22.9 Å². The fourth-order valence-electron chi connectivity index (χ4n) is 3.19. The van der Waals surface area contributed by atoms with E-state index in [1.165, 1.54) is 18.2 Å². The molecule has 0 saturated heterocycles. The minimum absolute atomic E-state index is 0.0399. The van der Waals surface area contributed by atoms with E-state index < -0.39 is 23.3 Å². The molecule has 33 heavy (non-hydrogen) atoms. The van der Waals surface area contributed by atoms with Crippen LogP contribution in [0.25, 0.3) is 21.5 Å². The SMILES string of the molecule is N#C/C(=C(/O)c1ccccc1C(=O)c1ccc(Cl)cc1)c1nc2cc(C(F)(F)F)ccc2s1. The lowest BCUT2D eigenvalue weighted by Gasteiger charge is -2.09. The molecule has 0 amide bonds. The molecule has 4 aromatic rings. The predicted octanol–water partition coefficient (Wildman–Crippen LogP) is 7.15. The molecule has 1 N–H and O–H groups in total. The Kier molecular flexibility index (Phi) is 5.93. The van der Waals surface area contributed by atoms with Crippen molar-refractivity contribution < 1.29 is 23.1 Å². The number of nitrogens with zero attached hydrogens (tertiary/aromatic N) is 2. The largest absolute Gasteiger partial charge is 0.506 e. The molecule has 0 unspecified atom stereocenters. The van der Waals surface area contributed by atoms with Gasteiger partial charge in [-0.1, -0.05) is 35.9 Å². The number of hydrogen-bond acceptors (Lipinski definition) is 5. The third-order valence-corrected chi connectivity index (χ3v) is 6.12. The molecule has 1 heterocycles. The number of fused-ring (bicyclic) bond motifs is 1. The summed E-state index contributed by atoms with van der Waals surface area (Å²) in [5.41, 5.74) is -0.484. The lowest BCUT2D eigenvalue weighted by atomic mass is 9.96. The minimum atomic E-state index is -4.53. The molecule has 1 aromatic heterocycles. The van der Waals surface area contributed by atoms with Crippen molar-refractivity contribution >= 4 is 50.3 Å². The first-order chi connectivity index (χ1) is 15.7. The molecule has 0 radical (unpaired) electrons. The molecule has 0 atom stereocenters. The maximum absolute atomic E-state index is 13.0. The zero-order valence-corrected chi connectivity index (χ0v) is 18.1. The molecule has 4 nitrogen and oxygen atoms in total. The second-order valence-corrected chi connectivity index (χ2v) is 8.38. The summed E-state index contributed by atoms with van der Waals surface area (Å²) >= 11 is 6.84. The van der Waals surface area contributed by atoms with Crippen molar-refractivity contribution in [3.05, 3.63) is 99.0 Å². The molecule has 0 aliphatic heterocycles. The van der Waals surface area contributed by atoms with Crippen molar-refractivity contribution in [3.8, 4) is 6.07 Å². The van der Waals surface area contributed by atoms with E-state index in [0.717, 1.165) is 23.5 Å². The van der Waals surface area contributed by atoms with Gasteiger partial charge in [-0.3, -0.25) is 4.79 Å². The van der Waals surface area contributed by atoms with Gasteiger partial charge in [0.05, 0.1) is 15.8 Å². The third kappa shape index (κ3) is 4.46. The van der Waals surface area contributed by atoms with Crippen molar-refractivity contribution in [2.24, 2.45) is 0 Å². The first kappa shape index (κ1) is 22.5. The van der Waals surface area contributed by atoms with Gasteiger partial charge >= 0.3 is 6.18 Å². The van der Waals surface area contributed by atoms with Crippen molar-refractivity contribution in [3.63, 3.8) is 0 Å². The molecule has 4 rings (SSSR count). The highest BCUT2D eigenvalue weighted by Crippen LogP contribution is 2.36. The van der Waals surface area contributed by atoms with Crippen LogP contribution in [0.4, 0.5) is 13.2 Å². The molecule has 164 valence electrons. The summed E-state index contributed by atoms with van der Waals surface area (Å²) in [5.74, 6) is -0.893. The van der Waals surface area contributed by atoms with Crippen molar-refractivity contribution in [1.82, 2.24) is 4.98 Å². The Bertz CT molecular complexity index is 1450. The van der Waals surface area contributed by atoms with Crippen molar-refractivity contribution in [2.45, 2.75) is 6.18 Å². The quantitative estimate of drug-likeness (QED) is 0.189. The number of rotatable bonds is 4. The second-order valence-electron chi connectivity index (χ2n) is 6.92. The smallest absolute Gasteiger partial charge is 0.416 e. The van der Waals surface area contributed by atoms with Gasteiger partial charge in [0.2, 0.25) is 0 Å². The van der Waals surface area contributed by atoms with Crippen LogP contribution in [0.2, 0.25) is 5.02 Å². The molecule has 0 aliphatic rings. The minimum Gasteiger partial charge on any atom is -0.506 e. The number of allylic oxidation sites excluding steroid dienone is 1. The van der Waals surface area contributed by atoms with Crippen LogP contribution in [0.1, 0.15) is 32.1 Å². The molecule has 3 aromatic carbocycles. The molecule has 0 bridgehead atoms. The zero-order chi connectivity index (χ0) is 23.8. The first-order valence-electron chi connectivity index (χ1n) is 9.40. The fraction of sp³-hybridized carbons (Fsp3) is 0.0417. The number of halogens is 4. The lowest BCUT2D eigenvalue weighted by molar-refractivity contribution is -0.137. The number of benzene rings is 3. The van der Waals surface area contributed by atoms with E-state index in [1.54, 1.807) is 36.4 Å². The summed E-state index contributed by atoms with van der Waals surface area (Å²) in [6.45, 7) is 0. The van der Waals surface area contributed by atoms with E-state index in [2.05, 4.69) is 4.98 Å². The summed E-state index contributed by atoms with van der Waals surface area (Å²) in [5, 5.41) is 21.1. The van der Waals surface area contributed by atoms with Crippen LogP contribution in [-0.4, -0.2) is 15.9 Å². The second kappa shape index (κ2) is 8.70. The maximum atomic E-state index is 13.0. The molecular formula is C24H12ClF3N2O2S. The Balaban J connectivity index is 1.82. The highest BCUT2D eigenvalue weighted by Gasteiger charge is 2.31. The molecule has 9 heteroatoms.